The van der Waals surface area contributed by atoms with Crippen LogP contribution >= 0.6 is 39.1 Å². The minimum absolute atomic E-state index is 0.124. The maximum atomic E-state index is 6.39. The smallest absolute Gasteiger partial charge is 0.134 e. The Morgan fingerprint density at radius 1 is 1.14 bits per heavy atom. The van der Waals surface area contributed by atoms with Gasteiger partial charge in [-0.15, -0.1) is 0 Å². The summed E-state index contributed by atoms with van der Waals surface area (Å²) >= 11 is 15.9. The van der Waals surface area contributed by atoms with Crippen molar-refractivity contribution in [2.75, 3.05) is 7.05 Å². The number of fused-ring (bicyclic) bond motifs is 1. The van der Waals surface area contributed by atoms with Gasteiger partial charge in [0.15, 0.2) is 0 Å². The first-order chi connectivity index (χ1) is 10.1. The van der Waals surface area contributed by atoms with Crippen molar-refractivity contribution in [3.8, 4) is 0 Å². The zero-order valence-electron chi connectivity index (χ0n) is 11.2. The van der Waals surface area contributed by atoms with Crippen LogP contribution in [0.4, 0.5) is 0 Å². The summed E-state index contributed by atoms with van der Waals surface area (Å²) in [5.41, 5.74) is 1.76. The lowest BCUT2D eigenvalue weighted by Crippen LogP contribution is -2.17. The average Bonchev–Trinajstić information content (AvgIpc) is 2.87. The Bertz CT molecular complexity index is 800. The van der Waals surface area contributed by atoms with Crippen molar-refractivity contribution < 1.29 is 4.42 Å². The maximum absolute atomic E-state index is 6.39. The van der Waals surface area contributed by atoms with E-state index in [1.807, 2.05) is 49.5 Å². The number of rotatable bonds is 3. The molecular weight excluding hydrogens is 373 g/mol. The summed E-state index contributed by atoms with van der Waals surface area (Å²) in [4.78, 5) is 0. The second kappa shape index (κ2) is 6.01. The summed E-state index contributed by atoms with van der Waals surface area (Å²) in [5.74, 6) is 0.801. The average molecular weight is 385 g/mol. The van der Waals surface area contributed by atoms with Gasteiger partial charge in [0.05, 0.1) is 11.1 Å². The molecule has 0 amide bonds. The predicted octanol–water partition coefficient (Wildman–Crippen LogP) is 5.81. The summed E-state index contributed by atoms with van der Waals surface area (Å²) in [6.45, 7) is 0. The van der Waals surface area contributed by atoms with Crippen LogP contribution in [0.1, 0.15) is 17.4 Å². The number of halogens is 3. The van der Waals surface area contributed by atoms with Gasteiger partial charge in [0.1, 0.15) is 11.3 Å². The van der Waals surface area contributed by atoms with Crippen molar-refractivity contribution in [2.24, 2.45) is 0 Å². The minimum atomic E-state index is -0.124. The van der Waals surface area contributed by atoms with Crippen molar-refractivity contribution >= 4 is 50.1 Å². The van der Waals surface area contributed by atoms with Crippen LogP contribution < -0.4 is 5.32 Å². The van der Waals surface area contributed by atoms with Crippen molar-refractivity contribution in [3.05, 3.63) is 68.3 Å². The molecule has 0 aliphatic rings. The largest absolute Gasteiger partial charge is 0.459 e. The molecule has 1 heterocycles. The molecule has 2 nitrogen and oxygen atoms in total. The lowest BCUT2D eigenvalue weighted by atomic mass is 10.0. The molecule has 0 saturated carbocycles. The summed E-state index contributed by atoms with van der Waals surface area (Å²) in [6.07, 6.45) is 0. The van der Waals surface area contributed by atoms with Crippen molar-refractivity contribution in [3.63, 3.8) is 0 Å². The van der Waals surface area contributed by atoms with Gasteiger partial charge in [-0.3, -0.25) is 0 Å². The van der Waals surface area contributed by atoms with Crippen molar-refractivity contribution in [2.45, 2.75) is 6.04 Å². The molecular formula is C16H12BrCl2NO. The molecule has 0 saturated heterocycles. The molecule has 1 N–H and O–H groups in total. The van der Waals surface area contributed by atoms with E-state index in [0.29, 0.717) is 10.0 Å². The molecule has 3 rings (SSSR count). The number of nitrogens with one attached hydrogen (secondary N) is 1. The molecule has 0 radical (unpaired) electrons. The number of furan rings is 1. The lowest BCUT2D eigenvalue weighted by molar-refractivity contribution is 0.491. The summed E-state index contributed by atoms with van der Waals surface area (Å²) < 4.78 is 6.79. The Morgan fingerprint density at radius 2 is 1.95 bits per heavy atom. The molecule has 1 aromatic heterocycles. The Kier molecular flexibility index (Phi) is 4.27. The van der Waals surface area contributed by atoms with Gasteiger partial charge < -0.3 is 9.73 Å². The Labute approximate surface area is 141 Å². The van der Waals surface area contributed by atoms with Gasteiger partial charge in [0.2, 0.25) is 0 Å². The molecule has 21 heavy (non-hydrogen) atoms. The first-order valence-electron chi connectivity index (χ1n) is 6.40. The highest BCUT2D eigenvalue weighted by atomic mass is 79.9. The highest BCUT2D eigenvalue weighted by Gasteiger charge is 2.20. The van der Waals surface area contributed by atoms with Gasteiger partial charge in [-0.2, -0.15) is 0 Å². The molecule has 0 bridgehead atoms. The minimum Gasteiger partial charge on any atom is -0.459 e. The fourth-order valence-corrected chi connectivity index (χ4v) is 3.17. The molecule has 1 unspecified atom stereocenters. The molecule has 108 valence electrons. The van der Waals surface area contributed by atoms with E-state index in [1.54, 1.807) is 0 Å². The topological polar surface area (TPSA) is 25.2 Å². The molecule has 5 heteroatoms. The van der Waals surface area contributed by atoms with Gasteiger partial charge in [0.25, 0.3) is 0 Å². The first-order valence-corrected chi connectivity index (χ1v) is 7.95. The fraction of sp³-hybridized carbons (Fsp3) is 0.125. The molecule has 3 aromatic rings. The van der Waals surface area contributed by atoms with E-state index in [2.05, 4.69) is 21.2 Å². The van der Waals surface area contributed by atoms with Gasteiger partial charge >= 0.3 is 0 Å². The van der Waals surface area contributed by atoms with Crippen molar-refractivity contribution in [1.29, 1.82) is 0 Å². The molecule has 0 fully saturated rings. The van der Waals surface area contributed by atoms with Gasteiger partial charge in [-0.25, -0.2) is 0 Å². The molecule has 0 aliphatic carbocycles. The molecule has 0 spiro atoms. The van der Waals surface area contributed by atoms with E-state index < -0.39 is 0 Å². The third kappa shape index (κ3) is 2.84. The highest BCUT2D eigenvalue weighted by molar-refractivity contribution is 9.10. The van der Waals surface area contributed by atoms with Crippen LogP contribution in [0, 0.1) is 0 Å². The van der Waals surface area contributed by atoms with Gasteiger partial charge in [-0.05, 0) is 58.9 Å². The van der Waals surface area contributed by atoms with Crippen LogP contribution in [0.15, 0.2) is 51.4 Å². The second-order valence-electron chi connectivity index (χ2n) is 4.70. The van der Waals surface area contributed by atoms with E-state index in [9.17, 15) is 0 Å². The first kappa shape index (κ1) is 14.9. The van der Waals surface area contributed by atoms with E-state index in [1.165, 1.54) is 0 Å². The molecule has 0 aliphatic heterocycles. The van der Waals surface area contributed by atoms with Gasteiger partial charge in [-0.1, -0.05) is 35.3 Å². The number of benzene rings is 2. The Morgan fingerprint density at radius 3 is 2.71 bits per heavy atom. The fourth-order valence-electron chi connectivity index (χ4n) is 2.37. The summed E-state index contributed by atoms with van der Waals surface area (Å²) in [5, 5.41) is 5.59. The third-order valence-corrected chi connectivity index (χ3v) is 4.91. The zero-order chi connectivity index (χ0) is 15.0. The predicted molar refractivity (Wildman–Crippen MR) is 91.3 cm³/mol. The van der Waals surface area contributed by atoms with E-state index in [0.717, 1.165) is 26.8 Å². The summed E-state index contributed by atoms with van der Waals surface area (Å²) in [7, 11) is 1.88. The normalized spacial score (nSPS) is 12.8. The molecule has 2 aromatic carbocycles. The maximum Gasteiger partial charge on any atom is 0.134 e. The summed E-state index contributed by atoms with van der Waals surface area (Å²) in [6, 6.07) is 13.3. The van der Waals surface area contributed by atoms with Crippen LogP contribution in [-0.2, 0) is 0 Å². The van der Waals surface area contributed by atoms with Crippen molar-refractivity contribution in [1.82, 2.24) is 5.32 Å². The Balaban J connectivity index is 2.11. The van der Waals surface area contributed by atoms with Crippen LogP contribution in [0.5, 0.6) is 0 Å². The number of hydrogen-bond donors (Lipinski definition) is 1. The third-order valence-electron chi connectivity index (χ3n) is 3.36. The monoisotopic (exact) mass is 383 g/mol. The van der Waals surface area contributed by atoms with E-state index in [-0.39, 0.29) is 6.04 Å². The van der Waals surface area contributed by atoms with E-state index in [4.69, 9.17) is 27.6 Å². The van der Waals surface area contributed by atoms with Crippen LogP contribution in [0.2, 0.25) is 10.0 Å². The number of hydrogen-bond acceptors (Lipinski definition) is 2. The van der Waals surface area contributed by atoms with Crippen LogP contribution in [0.3, 0.4) is 0 Å². The Hall–Kier alpha value is -1.000. The van der Waals surface area contributed by atoms with Crippen LogP contribution in [-0.4, -0.2) is 7.05 Å². The standard InChI is InChI=1S/C16H12BrCl2NO/c1-20-16(11-3-2-4-12(17)15(11)19)14-8-9-7-10(18)5-6-13(9)21-14/h2-8,16,20H,1H3. The van der Waals surface area contributed by atoms with E-state index >= 15 is 0 Å². The SMILES string of the molecule is CNC(c1cc2cc(Cl)ccc2o1)c1cccc(Br)c1Cl. The lowest BCUT2D eigenvalue weighted by Gasteiger charge is -2.16. The van der Waals surface area contributed by atoms with Crippen LogP contribution in [0.25, 0.3) is 11.0 Å². The zero-order valence-corrected chi connectivity index (χ0v) is 14.3. The second-order valence-corrected chi connectivity index (χ2v) is 6.36. The quantitative estimate of drug-likeness (QED) is 0.616. The molecule has 1 atom stereocenters. The van der Waals surface area contributed by atoms with Gasteiger partial charge in [0, 0.05) is 14.9 Å². The highest BCUT2D eigenvalue weighted by Crippen LogP contribution is 2.35.